The highest BCUT2D eigenvalue weighted by molar-refractivity contribution is 6.06. The van der Waals surface area contributed by atoms with Gasteiger partial charge in [-0.2, -0.15) is 5.26 Å². The van der Waals surface area contributed by atoms with Crippen molar-refractivity contribution in [2.24, 2.45) is 0 Å². The fourth-order valence-corrected chi connectivity index (χ4v) is 1.10. The zero-order chi connectivity index (χ0) is 11.3. The van der Waals surface area contributed by atoms with Gasteiger partial charge in [0.15, 0.2) is 0 Å². The number of para-hydroxylation sites is 1. The molecule has 1 aromatic rings. The van der Waals surface area contributed by atoms with Gasteiger partial charge >= 0.3 is 0 Å². The fraction of sp³-hybridized carbons (Fsp3) is 0.167. The Bertz CT molecular complexity index is 423. The van der Waals surface area contributed by atoms with Crippen molar-refractivity contribution in [1.82, 2.24) is 0 Å². The first-order chi connectivity index (χ1) is 7.15. The number of carbonyl (C=O) groups is 1. The Hall–Kier alpha value is -2.08. The molecule has 0 radical (unpaired) electrons. The summed E-state index contributed by atoms with van der Waals surface area (Å²) in [5.74, 6) is -0.358. The van der Waals surface area contributed by atoms with Crippen molar-refractivity contribution in [2.45, 2.75) is 13.8 Å². The molecular weight excluding hydrogens is 188 g/mol. The number of nitrogens with one attached hydrogen (secondary N) is 1. The molecule has 0 unspecified atom stereocenters. The first-order valence-corrected chi connectivity index (χ1v) is 4.59. The van der Waals surface area contributed by atoms with Crippen molar-refractivity contribution in [3.05, 3.63) is 41.5 Å². The van der Waals surface area contributed by atoms with Gasteiger partial charge in [0.2, 0.25) is 0 Å². The third kappa shape index (κ3) is 2.96. The molecule has 0 saturated carbocycles. The zero-order valence-electron chi connectivity index (χ0n) is 8.74. The van der Waals surface area contributed by atoms with E-state index in [2.05, 4.69) is 5.32 Å². The second-order valence-corrected chi connectivity index (χ2v) is 3.31. The lowest BCUT2D eigenvalue weighted by atomic mass is 10.1. The molecule has 0 bridgehead atoms. The van der Waals surface area contributed by atoms with Crippen LogP contribution in [0.25, 0.3) is 0 Å². The van der Waals surface area contributed by atoms with Gasteiger partial charge in [0.25, 0.3) is 5.91 Å². The molecule has 15 heavy (non-hydrogen) atoms. The lowest BCUT2D eigenvalue weighted by Crippen LogP contribution is -2.14. The van der Waals surface area contributed by atoms with Crippen LogP contribution >= 0.6 is 0 Å². The summed E-state index contributed by atoms with van der Waals surface area (Å²) in [5, 5.41) is 11.4. The summed E-state index contributed by atoms with van der Waals surface area (Å²) in [6.45, 7) is 3.48. The standard InChI is InChI=1S/C12H12N2O/c1-9(2)11(8-13)12(15)14-10-6-4-3-5-7-10/h3-7H,1-2H3,(H,14,15). The summed E-state index contributed by atoms with van der Waals surface area (Å²) < 4.78 is 0. The van der Waals surface area contributed by atoms with E-state index in [9.17, 15) is 4.79 Å². The van der Waals surface area contributed by atoms with E-state index < -0.39 is 0 Å². The molecule has 0 fully saturated rings. The minimum atomic E-state index is -0.358. The Morgan fingerprint density at radius 2 is 1.87 bits per heavy atom. The molecule has 0 aliphatic carbocycles. The number of allylic oxidation sites excluding steroid dienone is 1. The monoisotopic (exact) mass is 200 g/mol. The van der Waals surface area contributed by atoms with Gasteiger partial charge in [-0.25, -0.2) is 0 Å². The van der Waals surface area contributed by atoms with Gasteiger partial charge in [-0.1, -0.05) is 23.8 Å². The maximum absolute atomic E-state index is 11.6. The first-order valence-electron chi connectivity index (χ1n) is 4.59. The van der Waals surface area contributed by atoms with Crippen LogP contribution in [0.4, 0.5) is 5.69 Å². The maximum Gasteiger partial charge on any atom is 0.266 e. The van der Waals surface area contributed by atoms with Gasteiger partial charge in [0.05, 0.1) is 0 Å². The highest BCUT2D eigenvalue weighted by Gasteiger charge is 2.09. The van der Waals surface area contributed by atoms with E-state index in [4.69, 9.17) is 5.26 Å². The van der Waals surface area contributed by atoms with E-state index in [0.717, 1.165) is 0 Å². The first kappa shape index (κ1) is 11.0. The van der Waals surface area contributed by atoms with Gasteiger partial charge in [-0.3, -0.25) is 4.79 Å². The van der Waals surface area contributed by atoms with Crippen molar-refractivity contribution in [2.75, 3.05) is 5.32 Å². The molecule has 3 nitrogen and oxygen atoms in total. The zero-order valence-corrected chi connectivity index (χ0v) is 8.74. The van der Waals surface area contributed by atoms with E-state index in [1.165, 1.54) is 0 Å². The number of carbonyl (C=O) groups excluding carboxylic acids is 1. The number of nitrogens with zero attached hydrogens (tertiary/aromatic N) is 1. The molecule has 76 valence electrons. The summed E-state index contributed by atoms with van der Waals surface area (Å²) in [4.78, 5) is 11.6. The Morgan fingerprint density at radius 1 is 1.27 bits per heavy atom. The lowest BCUT2D eigenvalue weighted by molar-refractivity contribution is -0.112. The molecule has 1 amide bonds. The molecule has 0 aliphatic rings. The van der Waals surface area contributed by atoms with Gasteiger partial charge in [-0.05, 0) is 26.0 Å². The van der Waals surface area contributed by atoms with Crippen LogP contribution in [0.5, 0.6) is 0 Å². The normalized spacial score (nSPS) is 8.87. The minimum absolute atomic E-state index is 0.166. The average Bonchev–Trinajstić information content (AvgIpc) is 2.19. The van der Waals surface area contributed by atoms with Crippen LogP contribution < -0.4 is 5.32 Å². The number of nitriles is 1. The minimum Gasteiger partial charge on any atom is -0.321 e. The third-order valence-electron chi connectivity index (χ3n) is 1.87. The van der Waals surface area contributed by atoms with Crippen LogP contribution in [0.15, 0.2) is 41.5 Å². The Balaban J connectivity index is 2.82. The highest BCUT2D eigenvalue weighted by atomic mass is 16.1. The van der Waals surface area contributed by atoms with Crippen LogP contribution in [0.1, 0.15) is 13.8 Å². The molecule has 0 saturated heterocycles. The van der Waals surface area contributed by atoms with Gasteiger partial charge in [0, 0.05) is 5.69 Å². The predicted molar refractivity (Wildman–Crippen MR) is 59.1 cm³/mol. The quantitative estimate of drug-likeness (QED) is 0.589. The van der Waals surface area contributed by atoms with Crippen LogP contribution in [-0.4, -0.2) is 5.91 Å². The topological polar surface area (TPSA) is 52.9 Å². The predicted octanol–water partition coefficient (Wildman–Crippen LogP) is 2.49. The van der Waals surface area contributed by atoms with Gasteiger partial charge in [-0.15, -0.1) is 0 Å². The summed E-state index contributed by atoms with van der Waals surface area (Å²) in [6.07, 6.45) is 0. The smallest absolute Gasteiger partial charge is 0.266 e. The number of hydrogen-bond donors (Lipinski definition) is 1. The number of benzene rings is 1. The van der Waals surface area contributed by atoms with Crippen LogP contribution in [0, 0.1) is 11.3 Å². The second kappa shape index (κ2) is 4.97. The molecule has 0 heterocycles. The van der Waals surface area contributed by atoms with Crippen LogP contribution in [-0.2, 0) is 4.79 Å². The third-order valence-corrected chi connectivity index (χ3v) is 1.87. The Kier molecular flexibility index (Phi) is 3.64. The van der Waals surface area contributed by atoms with E-state index in [-0.39, 0.29) is 11.5 Å². The van der Waals surface area contributed by atoms with E-state index in [1.807, 2.05) is 24.3 Å². The summed E-state index contributed by atoms with van der Waals surface area (Å²) in [7, 11) is 0. The van der Waals surface area contributed by atoms with E-state index >= 15 is 0 Å². The molecule has 1 rings (SSSR count). The SMILES string of the molecule is CC(C)=C(C#N)C(=O)Nc1ccccc1. The van der Waals surface area contributed by atoms with Crippen LogP contribution in [0.3, 0.4) is 0 Å². The van der Waals surface area contributed by atoms with Crippen molar-refractivity contribution in [1.29, 1.82) is 5.26 Å². The summed E-state index contributed by atoms with van der Waals surface area (Å²) in [6, 6.07) is 11.0. The number of anilines is 1. The molecule has 0 spiro atoms. The number of amides is 1. The molecular formula is C12H12N2O. The Labute approximate surface area is 89.0 Å². The molecule has 0 atom stereocenters. The Morgan fingerprint density at radius 3 is 2.33 bits per heavy atom. The lowest BCUT2D eigenvalue weighted by Gasteiger charge is -2.04. The largest absolute Gasteiger partial charge is 0.321 e. The molecule has 0 aromatic heterocycles. The van der Waals surface area contributed by atoms with E-state index in [0.29, 0.717) is 11.3 Å². The number of rotatable bonds is 2. The molecule has 1 N–H and O–H groups in total. The van der Waals surface area contributed by atoms with Crippen LogP contribution in [0.2, 0.25) is 0 Å². The van der Waals surface area contributed by atoms with Crippen molar-refractivity contribution < 1.29 is 4.79 Å². The van der Waals surface area contributed by atoms with Gasteiger partial charge < -0.3 is 5.32 Å². The van der Waals surface area contributed by atoms with E-state index in [1.54, 1.807) is 26.0 Å². The molecule has 3 heteroatoms. The number of hydrogen-bond acceptors (Lipinski definition) is 2. The van der Waals surface area contributed by atoms with Crippen molar-refractivity contribution in [3.63, 3.8) is 0 Å². The van der Waals surface area contributed by atoms with Crippen molar-refractivity contribution >= 4 is 11.6 Å². The van der Waals surface area contributed by atoms with Crippen molar-refractivity contribution in [3.8, 4) is 6.07 Å². The second-order valence-electron chi connectivity index (χ2n) is 3.31. The highest BCUT2D eigenvalue weighted by Crippen LogP contribution is 2.09. The average molecular weight is 200 g/mol. The molecule has 0 aliphatic heterocycles. The van der Waals surface area contributed by atoms with Gasteiger partial charge in [0.1, 0.15) is 11.6 Å². The fourth-order valence-electron chi connectivity index (χ4n) is 1.10. The summed E-state index contributed by atoms with van der Waals surface area (Å²) in [5.41, 5.74) is 1.57. The maximum atomic E-state index is 11.6. The molecule has 1 aromatic carbocycles. The summed E-state index contributed by atoms with van der Waals surface area (Å²) >= 11 is 0.